The molecule has 0 saturated heterocycles. The molecular formula is C15H12BrCl2NOS. The van der Waals surface area contributed by atoms with E-state index in [1.807, 2.05) is 24.3 Å². The van der Waals surface area contributed by atoms with Crippen LogP contribution in [-0.4, -0.2) is 11.7 Å². The fourth-order valence-electron chi connectivity index (χ4n) is 1.68. The Balaban J connectivity index is 1.85. The summed E-state index contributed by atoms with van der Waals surface area (Å²) in [5, 5.41) is 4.10. The van der Waals surface area contributed by atoms with Crippen molar-refractivity contribution < 1.29 is 4.79 Å². The summed E-state index contributed by atoms with van der Waals surface area (Å²) in [6.07, 6.45) is 0. The molecule has 0 aliphatic carbocycles. The molecule has 1 N–H and O–H groups in total. The molecule has 0 unspecified atom stereocenters. The lowest BCUT2D eigenvalue weighted by Gasteiger charge is -2.08. The Kier molecular flexibility index (Phi) is 6.42. The predicted molar refractivity (Wildman–Crippen MR) is 95.4 cm³/mol. The number of carbonyl (C=O) groups is 1. The summed E-state index contributed by atoms with van der Waals surface area (Å²) in [5.41, 5.74) is 1.63. The van der Waals surface area contributed by atoms with Gasteiger partial charge in [0.2, 0.25) is 5.91 Å². The Morgan fingerprint density at radius 2 is 1.81 bits per heavy atom. The molecule has 0 heterocycles. The van der Waals surface area contributed by atoms with Gasteiger partial charge in [0.1, 0.15) is 0 Å². The summed E-state index contributed by atoms with van der Waals surface area (Å²) in [5.74, 6) is 0.889. The average Bonchev–Trinajstić information content (AvgIpc) is 2.42. The summed E-state index contributed by atoms with van der Waals surface area (Å²) in [6, 6.07) is 12.9. The lowest BCUT2D eigenvalue weighted by Crippen LogP contribution is -2.14. The van der Waals surface area contributed by atoms with Gasteiger partial charge in [-0.2, -0.15) is 0 Å². The van der Waals surface area contributed by atoms with Crippen LogP contribution in [0.5, 0.6) is 0 Å². The van der Waals surface area contributed by atoms with Crippen molar-refractivity contribution >= 4 is 62.5 Å². The average molecular weight is 405 g/mol. The van der Waals surface area contributed by atoms with Crippen LogP contribution in [0.25, 0.3) is 0 Å². The lowest BCUT2D eigenvalue weighted by atomic mass is 10.2. The molecule has 0 fully saturated rings. The zero-order valence-electron chi connectivity index (χ0n) is 10.9. The van der Waals surface area contributed by atoms with Gasteiger partial charge < -0.3 is 5.32 Å². The maximum absolute atomic E-state index is 11.9. The van der Waals surface area contributed by atoms with E-state index >= 15 is 0 Å². The molecule has 6 heteroatoms. The molecule has 0 aromatic heterocycles. The normalized spacial score (nSPS) is 10.4. The number of hydrogen-bond donors (Lipinski definition) is 1. The first kappa shape index (κ1) is 16.7. The molecular weight excluding hydrogens is 393 g/mol. The van der Waals surface area contributed by atoms with Crippen LogP contribution in [0.4, 0.5) is 5.69 Å². The highest BCUT2D eigenvalue weighted by Gasteiger charge is 2.08. The molecule has 0 spiro atoms. The molecule has 0 bridgehead atoms. The molecule has 2 rings (SSSR count). The SMILES string of the molecule is O=C(CSCc1c(Cl)cccc1Cl)Nc1cccc(Br)c1. The zero-order chi connectivity index (χ0) is 15.2. The minimum atomic E-state index is -0.0544. The number of thioether (sulfide) groups is 1. The number of carbonyl (C=O) groups excluding carboxylic acids is 1. The Hall–Kier alpha value is -0.680. The van der Waals surface area contributed by atoms with Crippen LogP contribution < -0.4 is 5.32 Å². The van der Waals surface area contributed by atoms with Gasteiger partial charge in [-0.3, -0.25) is 4.79 Å². The number of benzene rings is 2. The summed E-state index contributed by atoms with van der Waals surface area (Å²) < 4.78 is 0.927. The maximum atomic E-state index is 11.9. The molecule has 110 valence electrons. The van der Waals surface area contributed by atoms with Crippen molar-refractivity contribution in [2.24, 2.45) is 0 Å². The van der Waals surface area contributed by atoms with E-state index < -0.39 is 0 Å². The molecule has 0 aliphatic heterocycles. The van der Waals surface area contributed by atoms with Crippen LogP contribution in [0.3, 0.4) is 0 Å². The Morgan fingerprint density at radius 1 is 1.14 bits per heavy atom. The molecule has 0 atom stereocenters. The van der Waals surface area contributed by atoms with Gasteiger partial charge in [0.25, 0.3) is 0 Å². The van der Waals surface area contributed by atoms with Crippen molar-refractivity contribution in [1.29, 1.82) is 0 Å². The summed E-state index contributed by atoms with van der Waals surface area (Å²) in [6.45, 7) is 0. The highest BCUT2D eigenvalue weighted by atomic mass is 79.9. The van der Waals surface area contributed by atoms with Gasteiger partial charge in [-0.15, -0.1) is 11.8 Å². The summed E-state index contributed by atoms with van der Waals surface area (Å²) in [4.78, 5) is 11.9. The number of rotatable bonds is 5. The first-order chi connectivity index (χ1) is 10.1. The molecule has 0 radical (unpaired) electrons. The van der Waals surface area contributed by atoms with Crippen LogP contribution in [0.2, 0.25) is 10.0 Å². The summed E-state index contributed by atoms with van der Waals surface area (Å²) in [7, 11) is 0. The van der Waals surface area contributed by atoms with E-state index in [1.54, 1.807) is 18.2 Å². The van der Waals surface area contributed by atoms with Gasteiger partial charge in [-0.05, 0) is 35.9 Å². The number of hydrogen-bond acceptors (Lipinski definition) is 2. The van der Waals surface area contributed by atoms with Crippen molar-refractivity contribution in [2.45, 2.75) is 5.75 Å². The van der Waals surface area contributed by atoms with E-state index in [9.17, 15) is 4.79 Å². The van der Waals surface area contributed by atoms with E-state index in [0.717, 1.165) is 15.7 Å². The Bertz CT molecular complexity index is 631. The van der Waals surface area contributed by atoms with E-state index in [4.69, 9.17) is 23.2 Å². The van der Waals surface area contributed by atoms with Gasteiger partial charge in [0.05, 0.1) is 5.75 Å². The lowest BCUT2D eigenvalue weighted by molar-refractivity contribution is -0.113. The van der Waals surface area contributed by atoms with E-state index in [1.165, 1.54) is 11.8 Å². The van der Waals surface area contributed by atoms with Crippen molar-refractivity contribution in [3.63, 3.8) is 0 Å². The van der Waals surface area contributed by atoms with Crippen molar-refractivity contribution in [3.8, 4) is 0 Å². The molecule has 2 nitrogen and oxygen atoms in total. The van der Waals surface area contributed by atoms with Crippen LogP contribution in [-0.2, 0) is 10.5 Å². The second kappa shape index (κ2) is 8.08. The number of nitrogens with one attached hydrogen (secondary N) is 1. The van der Waals surface area contributed by atoms with Crippen LogP contribution in [0.15, 0.2) is 46.9 Å². The third kappa shape index (κ3) is 5.22. The molecule has 1 amide bonds. The fourth-order valence-corrected chi connectivity index (χ4v) is 3.64. The van der Waals surface area contributed by atoms with Crippen molar-refractivity contribution in [2.75, 3.05) is 11.1 Å². The van der Waals surface area contributed by atoms with Gasteiger partial charge in [0, 0.05) is 26.0 Å². The molecule has 21 heavy (non-hydrogen) atoms. The van der Waals surface area contributed by atoms with Gasteiger partial charge in [-0.25, -0.2) is 0 Å². The number of anilines is 1. The first-order valence-corrected chi connectivity index (χ1v) is 8.82. The van der Waals surface area contributed by atoms with E-state index in [2.05, 4.69) is 21.2 Å². The third-order valence-electron chi connectivity index (χ3n) is 2.65. The maximum Gasteiger partial charge on any atom is 0.234 e. The largest absolute Gasteiger partial charge is 0.325 e. The Labute approximate surface area is 146 Å². The van der Waals surface area contributed by atoms with Crippen LogP contribution in [0, 0.1) is 0 Å². The standard InChI is InChI=1S/C15H12BrCl2NOS/c16-10-3-1-4-11(7-10)19-15(20)9-21-8-12-13(17)5-2-6-14(12)18/h1-7H,8-9H2,(H,19,20). The monoisotopic (exact) mass is 403 g/mol. The predicted octanol–water partition coefficient (Wildman–Crippen LogP) is 5.63. The minimum Gasteiger partial charge on any atom is -0.325 e. The summed E-state index contributed by atoms with van der Waals surface area (Å²) >= 11 is 17.0. The smallest absolute Gasteiger partial charge is 0.234 e. The number of amides is 1. The topological polar surface area (TPSA) is 29.1 Å². The van der Waals surface area contributed by atoms with E-state index in [-0.39, 0.29) is 5.91 Å². The fraction of sp³-hybridized carbons (Fsp3) is 0.133. The highest BCUT2D eigenvalue weighted by molar-refractivity contribution is 9.10. The van der Waals surface area contributed by atoms with Crippen LogP contribution in [0.1, 0.15) is 5.56 Å². The second-order valence-electron chi connectivity index (χ2n) is 4.25. The van der Waals surface area contributed by atoms with Crippen molar-refractivity contribution in [3.05, 3.63) is 62.5 Å². The highest BCUT2D eigenvalue weighted by Crippen LogP contribution is 2.28. The molecule has 0 aliphatic rings. The van der Waals surface area contributed by atoms with Gasteiger partial charge in [-0.1, -0.05) is 51.3 Å². The minimum absolute atomic E-state index is 0.0544. The zero-order valence-corrected chi connectivity index (χ0v) is 14.8. The second-order valence-corrected chi connectivity index (χ2v) is 6.97. The Morgan fingerprint density at radius 3 is 2.48 bits per heavy atom. The first-order valence-electron chi connectivity index (χ1n) is 6.12. The van der Waals surface area contributed by atoms with Gasteiger partial charge in [0.15, 0.2) is 0 Å². The quantitative estimate of drug-likeness (QED) is 0.699. The van der Waals surface area contributed by atoms with E-state index in [0.29, 0.717) is 21.6 Å². The molecule has 2 aromatic carbocycles. The molecule has 2 aromatic rings. The number of halogens is 3. The third-order valence-corrected chi connectivity index (χ3v) is 4.81. The van der Waals surface area contributed by atoms with Crippen molar-refractivity contribution in [1.82, 2.24) is 0 Å². The van der Waals surface area contributed by atoms with Crippen LogP contribution >= 0.6 is 50.9 Å². The van der Waals surface area contributed by atoms with Gasteiger partial charge >= 0.3 is 0 Å². The molecule has 0 saturated carbocycles.